The van der Waals surface area contributed by atoms with Crippen LogP contribution in [0.5, 0.6) is 0 Å². The average molecular weight is 281 g/mol. The van der Waals surface area contributed by atoms with Crippen molar-refractivity contribution in [1.29, 1.82) is 0 Å². The maximum absolute atomic E-state index is 12.6. The molecule has 0 aromatic carbocycles. The largest absolute Gasteiger partial charge is 0.391 e. The summed E-state index contributed by atoms with van der Waals surface area (Å²) in [6.07, 6.45) is -2.05. The third kappa shape index (κ3) is 5.69. The Kier molecular flexibility index (Phi) is 6.60. The molecule has 0 radical (unpaired) electrons. The SMILES string of the molecule is CCNC(COC(C)C)C1CCC(C(F)(F)F)CC1. The molecular weight excluding hydrogens is 255 g/mol. The van der Waals surface area contributed by atoms with Crippen molar-refractivity contribution in [2.45, 2.75) is 64.8 Å². The molecule has 1 unspecified atom stereocenters. The van der Waals surface area contributed by atoms with E-state index in [1.807, 2.05) is 20.8 Å². The molecule has 0 aromatic rings. The molecule has 0 bridgehead atoms. The minimum atomic E-state index is -4.02. The first-order valence-corrected chi connectivity index (χ1v) is 7.26. The van der Waals surface area contributed by atoms with Gasteiger partial charge in [-0.3, -0.25) is 0 Å². The van der Waals surface area contributed by atoms with Crippen LogP contribution in [0.2, 0.25) is 0 Å². The zero-order valence-electron chi connectivity index (χ0n) is 12.1. The van der Waals surface area contributed by atoms with Crippen molar-refractivity contribution in [2.75, 3.05) is 13.2 Å². The summed E-state index contributed by atoms with van der Waals surface area (Å²) in [6.45, 7) is 7.38. The van der Waals surface area contributed by atoms with Crippen LogP contribution in [0.15, 0.2) is 0 Å². The van der Waals surface area contributed by atoms with Crippen LogP contribution >= 0.6 is 0 Å². The number of alkyl halides is 3. The van der Waals surface area contributed by atoms with Gasteiger partial charge in [-0.2, -0.15) is 13.2 Å². The highest BCUT2D eigenvalue weighted by Crippen LogP contribution is 2.40. The van der Waals surface area contributed by atoms with Crippen molar-refractivity contribution >= 4 is 0 Å². The molecule has 2 nitrogen and oxygen atoms in total. The highest BCUT2D eigenvalue weighted by atomic mass is 19.4. The first-order valence-electron chi connectivity index (χ1n) is 7.26. The second-order valence-electron chi connectivity index (χ2n) is 5.70. The molecule has 0 saturated heterocycles. The van der Waals surface area contributed by atoms with Gasteiger partial charge in [0, 0.05) is 6.04 Å². The van der Waals surface area contributed by atoms with E-state index in [9.17, 15) is 13.2 Å². The van der Waals surface area contributed by atoms with Crippen molar-refractivity contribution in [3.8, 4) is 0 Å². The fraction of sp³-hybridized carbons (Fsp3) is 1.00. The highest BCUT2D eigenvalue weighted by Gasteiger charge is 2.42. The van der Waals surface area contributed by atoms with Crippen LogP contribution in [0.25, 0.3) is 0 Å². The zero-order chi connectivity index (χ0) is 14.5. The molecule has 0 aromatic heterocycles. The van der Waals surface area contributed by atoms with E-state index in [1.54, 1.807) is 0 Å². The molecule has 0 amide bonds. The lowest BCUT2D eigenvalue weighted by Crippen LogP contribution is -2.43. The summed E-state index contributed by atoms with van der Waals surface area (Å²) >= 11 is 0. The maximum Gasteiger partial charge on any atom is 0.391 e. The molecular formula is C14H26F3NO. The van der Waals surface area contributed by atoms with Gasteiger partial charge in [-0.05, 0) is 52.0 Å². The van der Waals surface area contributed by atoms with E-state index in [4.69, 9.17) is 4.74 Å². The van der Waals surface area contributed by atoms with E-state index in [0.29, 0.717) is 25.4 Å². The Hall–Kier alpha value is -0.290. The molecule has 1 rings (SSSR count). The second kappa shape index (κ2) is 7.48. The lowest BCUT2D eigenvalue weighted by atomic mass is 9.78. The van der Waals surface area contributed by atoms with Crippen LogP contribution in [0.3, 0.4) is 0 Å². The number of halogens is 3. The number of ether oxygens (including phenoxy) is 1. The maximum atomic E-state index is 12.6. The summed E-state index contributed by atoms with van der Waals surface area (Å²) in [7, 11) is 0. The topological polar surface area (TPSA) is 21.3 Å². The fourth-order valence-electron chi connectivity index (χ4n) is 2.77. The van der Waals surface area contributed by atoms with E-state index in [1.165, 1.54) is 0 Å². The summed E-state index contributed by atoms with van der Waals surface area (Å²) < 4.78 is 43.5. The van der Waals surface area contributed by atoms with Crippen LogP contribution in [-0.4, -0.2) is 31.5 Å². The quantitative estimate of drug-likeness (QED) is 0.800. The van der Waals surface area contributed by atoms with E-state index >= 15 is 0 Å². The van der Waals surface area contributed by atoms with Crippen molar-refractivity contribution in [2.24, 2.45) is 11.8 Å². The van der Waals surface area contributed by atoms with Gasteiger partial charge in [0.2, 0.25) is 0 Å². The fourth-order valence-corrected chi connectivity index (χ4v) is 2.77. The van der Waals surface area contributed by atoms with E-state index in [2.05, 4.69) is 5.32 Å². The van der Waals surface area contributed by atoms with Crippen LogP contribution < -0.4 is 5.32 Å². The van der Waals surface area contributed by atoms with Crippen LogP contribution in [0.4, 0.5) is 13.2 Å². The highest BCUT2D eigenvalue weighted by molar-refractivity contribution is 4.84. The van der Waals surface area contributed by atoms with Crippen LogP contribution in [-0.2, 0) is 4.74 Å². The Labute approximate surface area is 114 Å². The van der Waals surface area contributed by atoms with Gasteiger partial charge in [-0.15, -0.1) is 0 Å². The average Bonchev–Trinajstić information content (AvgIpc) is 2.33. The third-order valence-corrected chi connectivity index (χ3v) is 3.88. The minimum Gasteiger partial charge on any atom is -0.377 e. The predicted molar refractivity (Wildman–Crippen MR) is 70.1 cm³/mol. The van der Waals surface area contributed by atoms with Gasteiger partial charge in [0.15, 0.2) is 0 Å². The van der Waals surface area contributed by atoms with Gasteiger partial charge >= 0.3 is 6.18 Å². The molecule has 0 spiro atoms. The molecule has 1 saturated carbocycles. The van der Waals surface area contributed by atoms with Crippen LogP contribution in [0, 0.1) is 11.8 Å². The van der Waals surface area contributed by atoms with Gasteiger partial charge in [0.25, 0.3) is 0 Å². The predicted octanol–water partition coefficient (Wildman–Crippen LogP) is 3.76. The summed E-state index contributed by atoms with van der Waals surface area (Å²) in [4.78, 5) is 0. The molecule has 1 fully saturated rings. The number of hydrogen-bond acceptors (Lipinski definition) is 2. The van der Waals surface area contributed by atoms with Gasteiger partial charge in [-0.1, -0.05) is 6.92 Å². The number of rotatable bonds is 6. The lowest BCUT2D eigenvalue weighted by Gasteiger charge is -2.35. The summed E-state index contributed by atoms with van der Waals surface area (Å²) in [5.41, 5.74) is 0. The van der Waals surface area contributed by atoms with Crippen molar-refractivity contribution in [1.82, 2.24) is 5.32 Å². The number of likely N-dealkylation sites (N-methyl/N-ethyl adjacent to an activating group) is 1. The Balaban J connectivity index is 2.45. The molecule has 5 heteroatoms. The molecule has 1 aliphatic carbocycles. The molecule has 0 heterocycles. The normalized spacial score (nSPS) is 26.7. The molecule has 114 valence electrons. The Morgan fingerprint density at radius 1 is 1.16 bits per heavy atom. The molecule has 19 heavy (non-hydrogen) atoms. The van der Waals surface area contributed by atoms with Crippen molar-refractivity contribution < 1.29 is 17.9 Å². The van der Waals surface area contributed by atoms with Gasteiger partial charge in [0.1, 0.15) is 0 Å². The van der Waals surface area contributed by atoms with E-state index < -0.39 is 12.1 Å². The van der Waals surface area contributed by atoms with Gasteiger partial charge in [-0.25, -0.2) is 0 Å². The zero-order valence-corrected chi connectivity index (χ0v) is 12.1. The Morgan fingerprint density at radius 3 is 2.16 bits per heavy atom. The smallest absolute Gasteiger partial charge is 0.377 e. The Bertz CT molecular complexity index is 248. The summed E-state index contributed by atoms with van der Waals surface area (Å²) in [6, 6.07) is 0.182. The molecule has 0 aliphatic heterocycles. The molecule has 1 aliphatic rings. The third-order valence-electron chi connectivity index (χ3n) is 3.88. The lowest BCUT2D eigenvalue weighted by molar-refractivity contribution is -0.184. The Morgan fingerprint density at radius 2 is 1.74 bits per heavy atom. The summed E-state index contributed by atoms with van der Waals surface area (Å²) in [5, 5.41) is 3.36. The monoisotopic (exact) mass is 281 g/mol. The minimum absolute atomic E-state index is 0.160. The van der Waals surface area contributed by atoms with E-state index in [-0.39, 0.29) is 25.0 Å². The summed E-state index contributed by atoms with van der Waals surface area (Å²) in [5.74, 6) is -0.797. The number of hydrogen-bond donors (Lipinski definition) is 1. The standard InChI is InChI=1S/C14H26F3NO/c1-4-18-13(9-19-10(2)3)11-5-7-12(8-6-11)14(15,16)17/h10-13,18H,4-9H2,1-3H3. The first kappa shape index (κ1) is 16.8. The van der Waals surface area contributed by atoms with E-state index in [0.717, 1.165) is 6.54 Å². The molecule has 1 atom stereocenters. The first-order chi connectivity index (χ1) is 8.84. The second-order valence-corrected chi connectivity index (χ2v) is 5.70. The number of nitrogens with one attached hydrogen (secondary N) is 1. The van der Waals surface area contributed by atoms with Gasteiger partial charge in [0.05, 0.1) is 18.6 Å². The van der Waals surface area contributed by atoms with Crippen molar-refractivity contribution in [3.63, 3.8) is 0 Å². The molecule has 1 N–H and O–H groups in total. The van der Waals surface area contributed by atoms with Crippen molar-refractivity contribution in [3.05, 3.63) is 0 Å². The van der Waals surface area contributed by atoms with Crippen LogP contribution in [0.1, 0.15) is 46.5 Å². The van der Waals surface area contributed by atoms with Gasteiger partial charge < -0.3 is 10.1 Å².